The van der Waals surface area contributed by atoms with Crippen LogP contribution >= 0.6 is 11.8 Å². The average molecular weight is 300 g/mol. The number of hydrogen-bond acceptors (Lipinski definition) is 6. The van der Waals surface area contributed by atoms with Crippen LogP contribution in [0.4, 0.5) is 0 Å². The van der Waals surface area contributed by atoms with E-state index in [0.717, 1.165) is 12.3 Å². The molecule has 19 heavy (non-hydrogen) atoms. The highest BCUT2D eigenvalue weighted by molar-refractivity contribution is 8.01. The second-order valence-corrected chi connectivity index (χ2v) is 6.73. The maximum atomic E-state index is 12.1. The molecule has 1 heterocycles. The normalized spacial score (nSPS) is 24.2. The van der Waals surface area contributed by atoms with Gasteiger partial charge in [0.2, 0.25) is 0 Å². The van der Waals surface area contributed by atoms with Gasteiger partial charge in [-0.05, 0) is 36.6 Å². The highest BCUT2D eigenvalue weighted by Gasteiger charge is 2.39. The largest absolute Gasteiger partial charge is 0.768 e. The molecule has 1 aromatic rings. The van der Waals surface area contributed by atoms with Gasteiger partial charge in [0.05, 0.1) is 4.90 Å². The molecule has 2 unspecified atom stereocenters. The Morgan fingerprint density at radius 2 is 2.32 bits per heavy atom. The predicted molar refractivity (Wildman–Crippen MR) is 72.9 cm³/mol. The molecular weight excluding hydrogens is 286 g/mol. The van der Waals surface area contributed by atoms with Crippen LogP contribution in [-0.4, -0.2) is 31.9 Å². The van der Waals surface area contributed by atoms with E-state index in [9.17, 15) is 13.6 Å². The Morgan fingerprint density at radius 3 is 2.89 bits per heavy atom. The maximum absolute atomic E-state index is 12.1. The number of carbonyl (C=O) groups excluding carboxylic acids is 1. The average Bonchev–Trinajstić information content (AvgIpc) is 2.77. The summed E-state index contributed by atoms with van der Waals surface area (Å²) in [5.41, 5.74) is 0.552. The van der Waals surface area contributed by atoms with Gasteiger partial charge in [-0.2, -0.15) is 0 Å². The molecule has 0 aromatic heterocycles. The van der Waals surface area contributed by atoms with Crippen LogP contribution in [0, 0.1) is 6.92 Å². The Balaban J connectivity index is 2.26. The maximum Gasteiger partial charge on any atom is 0.342 e. The van der Waals surface area contributed by atoms with E-state index in [2.05, 4.69) is 5.32 Å². The fraction of sp³-hybridized carbons (Fsp3) is 0.417. The quantitative estimate of drug-likeness (QED) is 0.513. The van der Waals surface area contributed by atoms with Gasteiger partial charge in [-0.25, -0.2) is 4.79 Å². The molecule has 7 heteroatoms. The number of nitrogens with one attached hydrogen (secondary N) is 1. The van der Waals surface area contributed by atoms with Gasteiger partial charge in [-0.3, -0.25) is 9.53 Å². The van der Waals surface area contributed by atoms with Crippen LogP contribution in [0.3, 0.4) is 0 Å². The number of esters is 1. The monoisotopic (exact) mass is 300 g/mol. The summed E-state index contributed by atoms with van der Waals surface area (Å²) in [6.07, 6.45) is 0. The molecule has 1 fully saturated rings. The van der Waals surface area contributed by atoms with E-state index in [1.54, 1.807) is 26.0 Å². The van der Waals surface area contributed by atoms with Crippen molar-refractivity contribution in [3.63, 3.8) is 0 Å². The standard InChI is InChI=1S/C12H15NO4S2/c1-8-4-3-5-9(10(8)19(15)16)17-11(14)12(2)13-6-7-18-12/h3-5,13H,6-7H2,1-2H3,(H,15,16)/p-1. The first-order valence-corrected chi connectivity index (χ1v) is 7.80. The number of rotatable bonds is 3. The number of aryl methyl sites for hydroxylation is 1. The van der Waals surface area contributed by atoms with Gasteiger partial charge in [0.15, 0.2) is 4.87 Å². The smallest absolute Gasteiger partial charge is 0.342 e. The van der Waals surface area contributed by atoms with Crippen LogP contribution in [0.5, 0.6) is 5.75 Å². The number of benzene rings is 1. The van der Waals surface area contributed by atoms with E-state index in [4.69, 9.17) is 4.74 Å². The summed E-state index contributed by atoms with van der Waals surface area (Å²) < 4.78 is 27.7. The minimum atomic E-state index is -2.44. The van der Waals surface area contributed by atoms with Crippen LogP contribution in [0.2, 0.25) is 0 Å². The minimum Gasteiger partial charge on any atom is -0.768 e. The third kappa shape index (κ3) is 3.00. The summed E-state index contributed by atoms with van der Waals surface area (Å²) in [5.74, 6) is 0.418. The van der Waals surface area contributed by atoms with Gasteiger partial charge < -0.3 is 9.29 Å². The van der Waals surface area contributed by atoms with Gasteiger partial charge in [0.25, 0.3) is 0 Å². The first-order valence-electron chi connectivity index (χ1n) is 5.74. The molecule has 0 amide bonds. The third-order valence-corrected chi connectivity index (χ3v) is 5.04. The predicted octanol–water partition coefficient (Wildman–Crippen LogP) is 1.19. The molecule has 1 aliphatic rings. The summed E-state index contributed by atoms with van der Waals surface area (Å²) in [5, 5.41) is 3.05. The summed E-state index contributed by atoms with van der Waals surface area (Å²) in [6, 6.07) is 4.80. The Morgan fingerprint density at radius 1 is 1.58 bits per heavy atom. The SMILES string of the molecule is Cc1cccc(OC(=O)C2(C)NCCS2)c1S(=O)[O-]. The Kier molecular flexibility index (Phi) is 4.29. The van der Waals surface area contributed by atoms with Crippen LogP contribution in [0.25, 0.3) is 0 Å². The topological polar surface area (TPSA) is 78.5 Å². The van der Waals surface area contributed by atoms with Gasteiger partial charge >= 0.3 is 5.97 Å². The lowest BCUT2D eigenvalue weighted by Crippen LogP contribution is -2.44. The van der Waals surface area contributed by atoms with Crippen molar-refractivity contribution in [2.75, 3.05) is 12.3 Å². The second-order valence-electron chi connectivity index (χ2n) is 4.33. The Labute approximate surface area is 118 Å². The van der Waals surface area contributed by atoms with E-state index in [1.165, 1.54) is 17.8 Å². The van der Waals surface area contributed by atoms with Crippen molar-refractivity contribution in [2.45, 2.75) is 23.6 Å². The molecule has 0 radical (unpaired) electrons. The van der Waals surface area contributed by atoms with Crippen molar-refractivity contribution in [1.82, 2.24) is 5.32 Å². The molecule has 5 nitrogen and oxygen atoms in total. The third-order valence-electron chi connectivity index (χ3n) is 2.89. The molecule has 104 valence electrons. The van der Waals surface area contributed by atoms with E-state index < -0.39 is 21.9 Å². The fourth-order valence-electron chi connectivity index (χ4n) is 1.84. The molecular formula is C12H14NO4S2-. The second kappa shape index (κ2) is 5.62. The van der Waals surface area contributed by atoms with Crippen molar-refractivity contribution >= 4 is 28.8 Å². The van der Waals surface area contributed by atoms with Gasteiger partial charge in [0.1, 0.15) is 5.75 Å². The minimum absolute atomic E-state index is 0.0300. The molecule has 1 aromatic carbocycles. The lowest BCUT2D eigenvalue weighted by Gasteiger charge is -2.22. The molecule has 2 atom stereocenters. The molecule has 0 bridgehead atoms. The molecule has 1 aliphatic heterocycles. The molecule has 0 spiro atoms. The Bertz CT molecular complexity index is 526. The molecule has 0 aliphatic carbocycles. The van der Waals surface area contributed by atoms with E-state index in [0.29, 0.717) is 5.56 Å². The first-order chi connectivity index (χ1) is 8.94. The highest BCUT2D eigenvalue weighted by atomic mass is 32.2. The van der Waals surface area contributed by atoms with Crippen molar-refractivity contribution in [2.24, 2.45) is 0 Å². The van der Waals surface area contributed by atoms with Crippen LogP contribution in [0.15, 0.2) is 23.1 Å². The first kappa shape index (κ1) is 14.5. The summed E-state index contributed by atoms with van der Waals surface area (Å²) in [6.45, 7) is 4.12. The number of ether oxygens (including phenoxy) is 1. The molecule has 0 saturated carbocycles. The van der Waals surface area contributed by atoms with Crippen LogP contribution in [-0.2, 0) is 15.9 Å². The summed E-state index contributed by atoms with van der Waals surface area (Å²) in [7, 11) is 0. The lowest BCUT2D eigenvalue weighted by atomic mass is 10.2. The molecule has 2 rings (SSSR count). The number of hydrogen-bond donors (Lipinski definition) is 1. The van der Waals surface area contributed by atoms with Crippen LogP contribution in [0.1, 0.15) is 12.5 Å². The zero-order valence-electron chi connectivity index (χ0n) is 10.6. The summed E-state index contributed by atoms with van der Waals surface area (Å²) in [4.78, 5) is 11.3. The van der Waals surface area contributed by atoms with Crippen molar-refractivity contribution in [1.29, 1.82) is 0 Å². The van der Waals surface area contributed by atoms with Crippen molar-refractivity contribution < 1.29 is 18.3 Å². The molecule has 1 saturated heterocycles. The lowest BCUT2D eigenvalue weighted by molar-refractivity contribution is -0.137. The van der Waals surface area contributed by atoms with E-state index >= 15 is 0 Å². The van der Waals surface area contributed by atoms with E-state index in [1.807, 2.05) is 0 Å². The van der Waals surface area contributed by atoms with Crippen molar-refractivity contribution in [3.8, 4) is 5.75 Å². The Hall–Kier alpha value is -0.890. The number of carbonyl (C=O) groups is 1. The fourth-order valence-corrected chi connectivity index (χ4v) is 3.42. The van der Waals surface area contributed by atoms with Gasteiger partial charge in [-0.1, -0.05) is 12.1 Å². The molecule has 1 N–H and O–H groups in total. The van der Waals surface area contributed by atoms with Gasteiger partial charge in [0, 0.05) is 12.3 Å². The van der Waals surface area contributed by atoms with Crippen molar-refractivity contribution in [3.05, 3.63) is 23.8 Å². The van der Waals surface area contributed by atoms with Crippen LogP contribution < -0.4 is 10.1 Å². The highest BCUT2D eigenvalue weighted by Crippen LogP contribution is 2.31. The summed E-state index contributed by atoms with van der Waals surface area (Å²) >= 11 is -0.987. The zero-order valence-corrected chi connectivity index (χ0v) is 12.2. The van der Waals surface area contributed by atoms with Gasteiger partial charge in [-0.15, -0.1) is 11.8 Å². The van der Waals surface area contributed by atoms with E-state index in [-0.39, 0.29) is 10.6 Å². The number of thioether (sulfide) groups is 1. The zero-order chi connectivity index (χ0) is 14.0.